The Balaban J connectivity index is 1.48. The molecule has 0 saturated carbocycles. The Bertz CT molecular complexity index is 1000. The Morgan fingerprint density at radius 3 is 2.70 bits per heavy atom. The van der Waals surface area contributed by atoms with Gasteiger partial charge in [0.2, 0.25) is 0 Å². The smallest absolute Gasteiger partial charge is 0.316 e. The van der Waals surface area contributed by atoms with Crippen molar-refractivity contribution in [2.45, 2.75) is 32.1 Å². The minimum atomic E-state index is -0.483. The van der Waals surface area contributed by atoms with Crippen LogP contribution in [0.5, 0.6) is 0 Å². The summed E-state index contributed by atoms with van der Waals surface area (Å²) in [5.41, 5.74) is 2.17. The summed E-state index contributed by atoms with van der Waals surface area (Å²) >= 11 is 1.21. The summed E-state index contributed by atoms with van der Waals surface area (Å²) in [6, 6.07) is 11.4. The number of hydrogen-bond donors (Lipinski definition) is 0. The van der Waals surface area contributed by atoms with Gasteiger partial charge in [0.15, 0.2) is 23.3 Å². The number of esters is 1. The minimum absolute atomic E-state index is 0.0328. The molecule has 3 rings (SSSR count). The second-order valence-corrected chi connectivity index (χ2v) is 7.60. The highest BCUT2D eigenvalue weighted by Crippen LogP contribution is 2.24. The van der Waals surface area contributed by atoms with Crippen LogP contribution in [0.2, 0.25) is 0 Å². The summed E-state index contributed by atoms with van der Waals surface area (Å²) in [5.74, 6) is 0.508. The monoisotopic (exact) mass is 428 g/mol. The van der Waals surface area contributed by atoms with Gasteiger partial charge in [-0.25, -0.2) is 0 Å². The molecule has 3 aromatic rings. The van der Waals surface area contributed by atoms with Crippen molar-refractivity contribution in [3.05, 3.63) is 53.8 Å². The van der Waals surface area contributed by atoms with Crippen molar-refractivity contribution in [3.63, 3.8) is 0 Å². The van der Waals surface area contributed by atoms with Gasteiger partial charge in [-0.1, -0.05) is 36.0 Å². The molecule has 0 unspecified atom stereocenters. The molecule has 0 radical (unpaired) electrons. The summed E-state index contributed by atoms with van der Waals surface area (Å²) in [5, 5.41) is 8.85. The predicted molar refractivity (Wildman–Crippen MR) is 113 cm³/mol. The van der Waals surface area contributed by atoms with E-state index >= 15 is 0 Å². The molecular weight excluding hydrogens is 404 g/mol. The zero-order valence-electron chi connectivity index (χ0n) is 17.2. The molecule has 8 nitrogen and oxygen atoms in total. The van der Waals surface area contributed by atoms with Crippen molar-refractivity contribution >= 4 is 23.6 Å². The van der Waals surface area contributed by atoms with Crippen LogP contribution in [0, 0.1) is 6.92 Å². The molecule has 158 valence electrons. The molecule has 1 amide bonds. The van der Waals surface area contributed by atoms with Crippen molar-refractivity contribution in [3.8, 4) is 11.6 Å². The molecule has 2 aromatic heterocycles. The van der Waals surface area contributed by atoms with E-state index in [0.29, 0.717) is 29.8 Å². The molecule has 2 heterocycles. The van der Waals surface area contributed by atoms with E-state index in [1.165, 1.54) is 11.8 Å². The number of nitrogens with zero attached hydrogens (tertiary/aromatic N) is 4. The number of likely N-dealkylation sites (N-methyl/N-ethyl adjacent to an activating group) is 1. The summed E-state index contributed by atoms with van der Waals surface area (Å²) in [6.07, 6.45) is 1.57. The van der Waals surface area contributed by atoms with Gasteiger partial charge in [0.25, 0.3) is 5.91 Å². The number of amides is 1. The average molecular weight is 429 g/mol. The number of thioether (sulfide) groups is 1. The Kier molecular flexibility index (Phi) is 7.29. The van der Waals surface area contributed by atoms with Gasteiger partial charge in [0.05, 0.1) is 12.0 Å². The summed E-state index contributed by atoms with van der Waals surface area (Å²) in [7, 11) is 1.69. The first kappa shape index (κ1) is 21.6. The molecule has 0 saturated heterocycles. The largest absolute Gasteiger partial charge is 0.461 e. The highest BCUT2D eigenvalue weighted by Gasteiger charge is 2.18. The van der Waals surface area contributed by atoms with Crippen LogP contribution < -0.4 is 0 Å². The molecule has 1 aromatic carbocycles. The van der Waals surface area contributed by atoms with E-state index in [0.717, 1.165) is 11.1 Å². The number of carbonyl (C=O) groups excluding carboxylic acids is 2. The number of rotatable bonds is 9. The van der Waals surface area contributed by atoms with E-state index < -0.39 is 5.97 Å². The lowest BCUT2D eigenvalue weighted by molar-refractivity contribution is -0.149. The van der Waals surface area contributed by atoms with E-state index in [9.17, 15) is 9.59 Å². The van der Waals surface area contributed by atoms with Crippen molar-refractivity contribution in [1.82, 2.24) is 19.7 Å². The molecule has 30 heavy (non-hydrogen) atoms. The maximum Gasteiger partial charge on any atom is 0.316 e. The van der Waals surface area contributed by atoms with Crippen LogP contribution in [0.3, 0.4) is 0 Å². The summed E-state index contributed by atoms with van der Waals surface area (Å²) in [6.45, 7) is 4.76. The third kappa shape index (κ3) is 5.29. The lowest BCUT2D eigenvalue weighted by Crippen LogP contribution is -2.31. The van der Waals surface area contributed by atoms with E-state index in [2.05, 4.69) is 10.2 Å². The third-order valence-electron chi connectivity index (χ3n) is 4.54. The second kappa shape index (κ2) is 10.1. The van der Waals surface area contributed by atoms with Crippen LogP contribution in [-0.2, 0) is 27.4 Å². The fourth-order valence-corrected chi connectivity index (χ4v) is 3.62. The van der Waals surface area contributed by atoms with Crippen molar-refractivity contribution in [2.24, 2.45) is 0 Å². The zero-order valence-corrected chi connectivity index (χ0v) is 18.0. The number of benzene rings is 1. The minimum Gasteiger partial charge on any atom is -0.461 e. The van der Waals surface area contributed by atoms with Gasteiger partial charge in [-0.2, -0.15) is 0 Å². The number of ether oxygens (including phenoxy) is 1. The molecule has 0 fully saturated rings. The molecule has 0 aliphatic rings. The Morgan fingerprint density at radius 1 is 1.20 bits per heavy atom. The standard InChI is InChI=1S/C21H24N4O4S/c1-4-25-20(17-10-7-11-28-17)22-23-21(25)30-14-19(27)29-13-18(26)24(3)12-16-9-6-5-8-15(16)2/h5-11H,4,12-14H2,1-3H3. The van der Waals surface area contributed by atoms with Gasteiger partial charge in [-0.3, -0.25) is 14.2 Å². The van der Waals surface area contributed by atoms with Crippen LogP contribution in [0.15, 0.2) is 52.2 Å². The van der Waals surface area contributed by atoms with Crippen molar-refractivity contribution < 1.29 is 18.7 Å². The Morgan fingerprint density at radius 2 is 2.00 bits per heavy atom. The van der Waals surface area contributed by atoms with E-state index in [1.54, 1.807) is 30.3 Å². The van der Waals surface area contributed by atoms with Gasteiger partial charge >= 0.3 is 5.97 Å². The van der Waals surface area contributed by atoms with Gasteiger partial charge < -0.3 is 14.1 Å². The van der Waals surface area contributed by atoms with Crippen LogP contribution in [0.4, 0.5) is 0 Å². The fourth-order valence-electron chi connectivity index (χ4n) is 2.82. The number of hydrogen-bond acceptors (Lipinski definition) is 7. The maximum absolute atomic E-state index is 12.3. The molecule has 0 aliphatic carbocycles. The van der Waals surface area contributed by atoms with Gasteiger partial charge in [0, 0.05) is 20.1 Å². The predicted octanol–water partition coefficient (Wildman–Crippen LogP) is 3.16. The number of aromatic nitrogens is 3. The maximum atomic E-state index is 12.3. The average Bonchev–Trinajstić information content (AvgIpc) is 3.41. The second-order valence-electron chi connectivity index (χ2n) is 6.65. The van der Waals surface area contributed by atoms with E-state index in [1.807, 2.05) is 42.7 Å². The van der Waals surface area contributed by atoms with Crippen molar-refractivity contribution in [1.29, 1.82) is 0 Å². The molecular formula is C21H24N4O4S. The van der Waals surface area contributed by atoms with Crippen molar-refractivity contribution in [2.75, 3.05) is 19.4 Å². The van der Waals surface area contributed by atoms with E-state index in [-0.39, 0.29) is 18.3 Å². The lowest BCUT2D eigenvalue weighted by Gasteiger charge is -2.18. The first-order valence-electron chi connectivity index (χ1n) is 9.53. The molecule has 0 atom stereocenters. The summed E-state index contributed by atoms with van der Waals surface area (Å²) < 4.78 is 12.4. The van der Waals surface area contributed by atoms with Crippen LogP contribution in [-0.4, -0.2) is 50.9 Å². The number of furan rings is 1. The van der Waals surface area contributed by atoms with Crippen LogP contribution in [0.1, 0.15) is 18.1 Å². The van der Waals surface area contributed by atoms with Gasteiger partial charge in [-0.15, -0.1) is 10.2 Å². The number of carbonyl (C=O) groups is 2. The zero-order chi connectivity index (χ0) is 21.5. The summed E-state index contributed by atoms with van der Waals surface area (Å²) in [4.78, 5) is 25.9. The quantitative estimate of drug-likeness (QED) is 0.382. The highest BCUT2D eigenvalue weighted by atomic mass is 32.2. The first-order valence-corrected chi connectivity index (χ1v) is 10.5. The third-order valence-corrected chi connectivity index (χ3v) is 5.49. The van der Waals surface area contributed by atoms with Crippen LogP contribution in [0.25, 0.3) is 11.6 Å². The Hall–Kier alpha value is -3.07. The Labute approximate surface area is 179 Å². The highest BCUT2D eigenvalue weighted by molar-refractivity contribution is 7.99. The van der Waals surface area contributed by atoms with Crippen LogP contribution >= 0.6 is 11.8 Å². The normalized spacial score (nSPS) is 10.8. The van der Waals surface area contributed by atoms with Gasteiger partial charge in [0.1, 0.15) is 0 Å². The molecule has 0 spiro atoms. The molecule has 9 heteroatoms. The molecule has 0 bridgehead atoms. The fraction of sp³-hybridized carbons (Fsp3) is 0.333. The van der Waals surface area contributed by atoms with Gasteiger partial charge in [-0.05, 0) is 37.1 Å². The topological polar surface area (TPSA) is 90.5 Å². The number of aryl methyl sites for hydroxylation is 1. The molecule has 0 aliphatic heterocycles. The first-order chi connectivity index (χ1) is 14.5. The lowest BCUT2D eigenvalue weighted by atomic mass is 10.1. The SMILES string of the molecule is CCn1c(SCC(=O)OCC(=O)N(C)Cc2ccccc2C)nnc1-c1ccco1. The van der Waals surface area contributed by atoms with E-state index in [4.69, 9.17) is 9.15 Å². The molecule has 0 N–H and O–H groups in total.